The van der Waals surface area contributed by atoms with Crippen molar-refractivity contribution in [1.29, 1.82) is 0 Å². The summed E-state index contributed by atoms with van der Waals surface area (Å²) >= 11 is 5.80. The molecule has 0 bridgehead atoms. The molecule has 94 valence electrons. The van der Waals surface area contributed by atoms with Gasteiger partial charge in [-0.05, 0) is 24.3 Å². The van der Waals surface area contributed by atoms with E-state index in [1.54, 1.807) is 24.3 Å². The molecule has 1 heterocycles. The lowest BCUT2D eigenvalue weighted by molar-refractivity contribution is -0.687. The molecule has 2 aliphatic rings. The van der Waals surface area contributed by atoms with Crippen LogP contribution in [0.15, 0.2) is 24.3 Å². The first-order chi connectivity index (χ1) is 8.65. The van der Waals surface area contributed by atoms with Crippen molar-refractivity contribution in [2.24, 2.45) is 0 Å². The molecule has 0 aromatic heterocycles. The first-order valence-corrected chi connectivity index (χ1v) is 6.50. The number of rotatable bonds is 3. The molecule has 0 unspecified atom stereocenters. The molecule has 3 rings (SSSR count). The van der Waals surface area contributed by atoms with Crippen molar-refractivity contribution in [3.05, 3.63) is 29.3 Å². The molecule has 2 amide bonds. The van der Waals surface area contributed by atoms with Crippen LogP contribution in [-0.2, 0) is 9.59 Å². The molecule has 0 spiro atoms. The fourth-order valence-corrected chi connectivity index (χ4v) is 2.41. The molecule has 0 radical (unpaired) electrons. The van der Waals surface area contributed by atoms with Crippen LogP contribution < -0.4 is 10.2 Å². The lowest BCUT2D eigenvalue weighted by atomic mass is 10.2. The van der Waals surface area contributed by atoms with Gasteiger partial charge < -0.3 is 5.32 Å². The van der Waals surface area contributed by atoms with Crippen LogP contribution in [0.5, 0.6) is 0 Å². The number of amides is 2. The van der Waals surface area contributed by atoms with E-state index in [9.17, 15) is 9.59 Å². The molecule has 18 heavy (non-hydrogen) atoms. The van der Waals surface area contributed by atoms with Crippen LogP contribution in [0, 0.1) is 0 Å². The van der Waals surface area contributed by atoms with Gasteiger partial charge in [0.25, 0.3) is 5.91 Å². The Hall–Kier alpha value is -1.39. The third kappa shape index (κ3) is 2.13. The van der Waals surface area contributed by atoms with Crippen LogP contribution in [0.25, 0.3) is 0 Å². The standard InChI is InChI=1S/C13H13ClN2O2/c14-8-1-5-10(6-2-8)16-12(17)7-11(13(16)18)15-9-3-4-9/h1-2,5-6,9,11,15H,3-4,7H2/p+1/t11-/m1/s1. The SMILES string of the molecule is O=C1C[C@@H]([NH2+]C2CC2)C(=O)N1c1ccc(Cl)cc1. The number of halogens is 1. The Morgan fingerprint density at radius 3 is 2.44 bits per heavy atom. The van der Waals surface area contributed by atoms with Crippen LogP contribution in [0.2, 0.25) is 5.02 Å². The number of carbonyl (C=O) groups is 2. The van der Waals surface area contributed by atoms with Crippen LogP contribution >= 0.6 is 11.6 Å². The average molecular weight is 266 g/mol. The van der Waals surface area contributed by atoms with E-state index >= 15 is 0 Å². The largest absolute Gasteiger partial charge is 0.333 e. The minimum absolute atomic E-state index is 0.103. The second-order valence-electron chi connectivity index (χ2n) is 4.88. The highest BCUT2D eigenvalue weighted by Crippen LogP contribution is 2.24. The molecular formula is C13H14ClN2O2+. The zero-order valence-electron chi connectivity index (χ0n) is 9.80. The maximum absolute atomic E-state index is 12.2. The fraction of sp³-hybridized carbons (Fsp3) is 0.385. The number of hydrogen-bond acceptors (Lipinski definition) is 2. The number of nitrogens with two attached hydrogens (primary N) is 1. The van der Waals surface area contributed by atoms with Gasteiger partial charge in [-0.1, -0.05) is 11.6 Å². The molecule has 1 aromatic rings. The average Bonchev–Trinajstić information content (AvgIpc) is 3.10. The number of hydrogen-bond donors (Lipinski definition) is 1. The highest BCUT2D eigenvalue weighted by Gasteiger charge is 2.44. The summed E-state index contributed by atoms with van der Waals surface area (Å²) in [5.41, 5.74) is 0.612. The number of quaternary nitrogens is 1. The summed E-state index contributed by atoms with van der Waals surface area (Å²) in [6.07, 6.45) is 2.61. The first kappa shape index (κ1) is 11.7. The van der Waals surface area contributed by atoms with Gasteiger partial charge in [0.15, 0.2) is 6.04 Å². The molecule has 2 N–H and O–H groups in total. The monoisotopic (exact) mass is 265 g/mol. The van der Waals surface area contributed by atoms with E-state index in [4.69, 9.17) is 11.6 Å². The minimum Gasteiger partial charge on any atom is -0.333 e. The molecule has 1 aromatic carbocycles. The number of imide groups is 1. The van der Waals surface area contributed by atoms with E-state index in [-0.39, 0.29) is 17.9 Å². The summed E-state index contributed by atoms with van der Waals surface area (Å²) < 4.78 is 0. The maximum atomic E-state index is 12.2. The summed E-state index contributed by atoms with van der Waals surface area (Å²) in [7, 11) is 0. The van der Waals surface area contributed by atoms with Gasteiger partial charge >= 0.3 is 0 Å². The molecular weight excluding hydrogens is 252 g/mol. The Morgan fingerprint density at radius 2 is 1.83 bits per heavy atom. The Kier molecular flexibility index (Phi) is 2.84. The van der Waals surface area contributed by atoms with E-state index < -0.39 is 0 Å². The quantitative estimate of drug-likeness (QED) is 0.818. The highest BCUT2D eigenvalue weighted by atomic mass is 35.5. The second kappa shape index (κ2) is 4.37. The van der Waals surface area contributed by atoms with E-state index in [0.717, 1.165) is 12.8 Å². The Morgan fingerprint density at radius 1 is 1.17 bits per heavy atom. The zero-order chi connectivity index (χ0) is 12.7. The molecule has 1 saturated heterocycles. The van der Waals surface area contributed by atoms with Gasteiger partial charge in [0, 0.05) is 17.9 Å². The summed E-state index contributed by atoms with van der Waals surface area (Å²) in [6.45, 7) is 0. The second-order valence-corrected chi connectivity index (χ2v) is 5.32. The lowest BCUT2D eigenvalue weighted by Crippen LogP contribution is -2.93. The third-order valence-electron chi connectivity index (χ3n) is 3.39. The van der Waals surface area contributed by atoms with Gasteiger partial charge in [0.1, 0.15) is 0 Å². The zero-order valence-corrected chi connectivity index (χ0v) is 10.6. The Bertz CT molecular complexity index is 496. The number of nitrogens with zero attached hydrogens (tertiary/aromatic N) is 1. The number of carbonyl (C=O) groups excluding carboxylic acids is 2. The first-order valence-electron chi connectivity index (χ1n) is 6.12. The highest BCUT2D eigenvalue weighted by molar-refractivity contribution is 6.30. The van der Waals surface area contributed by atoms with Gasteiger partial charge in [0.2, 0.25) is 5.91 Å². The van der Waals surface area contributed by atoms with Crippen molar-refractivity contribution < 1.29 is 14.9 Å². The smallest absolute Gasteiger partial charge is 0.292 e. The number of anilines is 1. The van der Waals surface area contributed by atoms with Gasteiger partial charge in [-0.2, -0.15) is 0 Å². The summed E-state index contributed by atoms with van der Waals surface area (Å²) in [5.74, 6) is -0.224. The van der Waals surface area contributed by atoms with Crippen LogP contribution in [-0.4, -0.2) is 23.9 Å². The van der Waals surface area contributed by atoms with Crippen LogP contribution in [0.4, 0.5) is 5.69 Å². The molecule has 1 aliphatic heterocycles. The van der Waals surface area contributed by atoms with E-state index in [1.807, 2.05) is 5.32 Å². The molecule has 2 fully saturated rings. The predicted molar refractivity (Wildman–Crippen MR) is 67.3 cm³/mol. The third-order valence-corrected chi connectivity index (χ3v) is 3.64. The van der Waals surface area contributed by atoms with Crippen molar-refractivity contribution in [3.63, 3.8) is 0 Å². The molecule has 1 atom stereocenters. The van der Waals surface area contributed by atoms with Crippen LogP contribution in [0.3, 0.4) is 0 Å². The fourth-order valence-electron chi connectivity index (χ4n) is 2.28. The summed E-state index contributed by atoms with van der Waals surface area (Å²) in [5, 5.41) is 2.63. The topological polar surface area (TPSA) is 54.0 Å². The Labute approximate surface area is 110 Å². The van der Waals surface area contributed by atoms with Gasteiger partial charge in [0.05, 0.1) is 18.2 Å². The van der Waals surface area contributed by atoms with Crippen LogP contribution in [0.1, 0.15) is 19.3 Å². The normalized spacial score (nSPS) is 23.8. The van der Waals surface area contributed by atoms with E-state index in [0.29, 0.717) is 23.2 Å². The number of benzene rings is 1. The molecule has 1 aliphatic carbocycles. The molecule has 1 saturated carbocycles. The van der Waals surface area contributed by atoms with Crippen molar-refractivity contribution >= 4 is 29.1 Å². The van der Waals surface area contributed by atoms with Gasteiger partial charge in [-0.3, -0.25) is 9.59 Å². The lowest BCUT2D eigenvalue weighted by Gasteiger charge is -2.14. The molecule has 4 nitrogen and oxygen atoms in total. The summed E-state index contributed by atoms with van der Waals surface area (Å²) in [6, 6.07) is 7.10. The van der Waals surface area contributed by atoms with E-state index in [2.05, 4.69) is 0 Å². The van der Waals surface area contributed by atoms with Gasteiger partial charge in [-0.15, -0.1) is 0 Å². The Balaban J connectivity index is 1.80. The van der Waals surface area contributed by atoms with Crippen molar-refractivity contribution in [3.8, 4) is 0 Å². The van der Waals surface area contributed by atoms with Gasteiger partial charge in [-0.25, -0.2) is 4.90 Å². The van der Waals surface area contributed by atoms with Crippen molar-refractivity contribution in [2.45, 2.75) is 31.3 Å². The maximum Gasteiger partial charge on any atom is 0.292 e. The predicted octanol–water partition coefficient (Wildman–Crippen LogP) is 0.698. The van der Waals surface area contributed by atoms with Crippen molar-refractivity contribution in [2.75, 3.05) is 4.90 Å². The minimum atomic E-state index is -0.235. The van der Waals surface area contributed by atoms with E-state index in [1.165, 1.54) is 4.90 Å². The molecule has 5 heteroatoms. The van der Waals surface area contributed by atoms with Crippen molar-refractivity contribution in [1.82, 2.24) is 0 Å². The summed E-state index contributed by atoms with van der Waals surface area (Å²) in [4.78, 5) is 25.4.